The molecule has 5 nitrogen and oxygen atoms in total. The molecule has 0 saturated heterocycles. The van der Waals surface area contributed by atoms with Crippen LogP contribution in [0.4, 0.5) is 0 Å². The van der Waals surface area contributed by atoms with Gasteiger partial charge in [0.2, 0.25) is 11.8 Å². The van der Waals surface area contributed by atoms with E-state index in [2.05, 4.69) is 0 Å². The van der Waals surface area contributed by atoms with Crippen LogP contribution in [0.1, 0.15) is 46.0 Å². The lowest BCUT2D eigenvalue weighted by atomic mass is 10.2. The fourth-order valence-electron chi connectivity index (χ4n) is 1.52. The second-order valence-electron chi connectivity index (χ2n) is 3.77. The number of carbonyl (C=O) groups excluding carboxylic acids is 2. The Kier molecular flexibility index (Phi) is 8.52. The Morgan fingerprint density at radius 1 is 1.12 bits per heavy atom. The van der Waals surface area contributed by atoms with Gasteiger partial charge in [-0.1, -0.05) is 13.8 Å². The first-order valence-corrected chi connectivity index (χ1v) is 5.86. The zero-order valence-electron chi connectivity index (χ0n) is 10.2. The third kappa shape index (κ3) is 6.40. The number of hydrogen-bond donors (Lipinski definition) is 2. The van der Waals surface area contributed by atoms with Crippen molar-refractivity contribution >= 4 is 11.8 Å². The number of hydroxylamine groups is 1. The van der Waals surface area contributed by atoms with Gasteiger partial charge in [-0.05, 0) is 19.3 Å². The number of amides is 2. The van der Waals surface area contributed by atoms with Gasteiger partial charge >= 0.3 is 0 Å². The molecule has 0 atom stereocenters. The average Bonchev–Trinajstić information content (AvgIpc) is 2.28. The lowest BCUT2D eigenvalue weighted by Crippen LogP contribution is -2.32. The van der Waals surface area contributed by atoms with Gasteiger partial charge in [0.05, 0.1) is 0 Å². The summed E-state index contributed by atoms with van der Waals surface area (Å²) < 4.78 is 0. The number of hydrogen-bond acceptors (Lipinski definition) is 3. The van der Waals surface area contributed by atoms with Crippen LogP contribution in [-0.4, -0.2) is 35.0 Å². The van der Waals surface area contributed by atoms with Crippen LogP contribution in [0.2, 0.25) is 0 Å². The fraction of sp³-hybridized carbons (Fsp3) is 0.818. The van der Waals surface area contributed by atoms with Gasteiger partial charge in [-0.25, -0.2) is 5.48 Å². The third-order valence-electron chi connectivity index (χ3n) is 2.26. The minimum Gasteiger partial charge on any atom is -0.343 e. The lowest BCUT2D eigenvalue weighted by molar-refractivity contribution is -0.132. The molecule has 5 heteroatoms. The first-order chi connectivity index (χ1) is 7.65. The quantitative estimate of drug-likeness (QED) is 0.488. The second kappa shape index (κ2) is 9.15. The molecular weight excluding hydrogens is 208 g/mol. The Balaban J connectivity index is 3.86. The summed E-state index contributed by atoms with van der Waals surface area (Å²) in [5.74, 6) is -0.347. The molecule has 0 aliphatic rings. The van der Waals surface area contributed by atoms with Crippen molar-refractivity contribution in [2.75, 3.05) is 13.1 Å². The van der Waals surface area contributed by atoms with Gasteiger partial charge < -0.3 is 4.90 Å². The van der Waals surface area contributed by atoms with Gasteiger partial charge in [0, 0.05) is 25.9 Å². The summed E-state index contributed by atoms with van der Waals surface area (Å²) in [6, 6.07) is 0. The molecule has 0 unspecified atom stereocenters. The van der Waals surface area contributed by atoms with Crippen LogP contribution in [-0.2, 0) is 9.59 Å². The normalized spacial score (nSPS) is 9.94. The van der Waals surface area contributed by atoms with Crippen molar-refractivity contribution in [3.8, 4) is 0 Å². The fourth-order valence-corrected chi connectivity index (χ4v) is 1.52. The lowest BCUT2D eigenvalue weighted by Gasteiger charge is -2.21. The van der Waals surface area contributed by atoms with Gasteiger partial charge in [-0.3, -0.25) is 14.8 Å². The van der Waals surface area contributed by atoms with Gasteiger partial charge in [0.15, 0.2) is 0 Å². The van der Waals surface area contributed by atoms with E-state index < -0.39 is 5.91 Å². The van der Waals surface area contributed by atoms with E-state index in [1.54, 1.807) is 5.48 Å². The van der Waals surface area contributed by atoms with Crippen molar-refractivity contribution in [3.63, 3.8) is 0 Å². The molecule has 0 aromatic carbocycles. The molecule has 2 amide bonds. The largest absolute Gasteiger partial charge is 0.343 e. The van der Waals surface area contributed by atoms with Crippen LogP contribution in [0.3, 0.4) is 0 Å². The predicted molar refractivity (Wildman–Crippen MR) is 60.9 cm³/mol. The van der Waals surface area contributed by atoms with E-state index in [1.807, 2.05) is 18.7 Å². The van der Waals surface area contributed by atoms with Gasteiger partial charge in [0.25, 0.3) is 0 Å². The highest BCUT2D eigenvalue weighted by molar-refractivity contribution is 5.78. The Labute approximate surface area is 96.8 Å². The summed E-state index contributed by atoms with van der Waals surface area (Å²) in [6.07, 6.45) is 2.93. The maximum atomic E-state index is 11.7. The third-order valence-corrected chi connectivity index (χ3v) is 2.26. The summed E-state index contributed by atoms with van der Waals surface area (Å²) in [4.78, 5) is 24.3. The molecular formula is C11H22N2O3. The van der Waals surface area contributed by atoms with Crippen molar-refractivity contribution in [1.82, 2.24) is 10.4 Å². The number of carbonyl (C=O) groups is 2. The monoisotopic (exact) mass is 230 g/mol. The minimum absolute atomic E-state index is 0.0921. The maximum absolute atomic E-state index is 11.7. The predicted octanol–water partition coefficient (Wildman–Crippen LogP) is 1.31. The summed E-state index contributed by atoms with van der Waals surface area (Å²) in [5.41, 5.74) is 1.55. The molecule has 0 saturated carbocycles. The summed E-state index contributed by atoms with van der Waals surface area (Å²) in [7, 11) is 0. The van der Waals surface area contributed by atoms with Gasteiger partial charge in [-0.2, -0.15) is 0 Å². The van der Waals surface area contributed by atoms with Crippen molar-refractivity contribution in [1.29, 1.82) is 0 Å². The smallest absolute Gasteiger partial charge is 0.243 e. The topological polar surface area (TPSA) is 69.6 Å². The van der Waals surface area contributed by atoms with Crippen LogP contribution in [0.25, 0.3) is 0 Å². The number of nitrogens with zero attached hydrogens (tertiary/aromatic N) is 1. The number of nitrogens with one attached hydrogen (secondary N) is 1. The van der Waals surface area contributed by atoms with E-state index in [-0.39, 0.29) is 12.3 Å². The highest BCUT2D eigenvalue weighted by Gasteiger charge is 2.11. The standard InChI is InChI=1S/C11H22N2O3/c1-3-8-13(9-4-2)11(15)7-5-6-10(14)12-16/h16H,3-9H2,1-2H3,(H,12,14). The molecule has 0 aliphatic heterocycles. The van der Waals surface area contributed by atoms with E-state index in [4.69, 9.17) is 5.21 Å². The zero-order chi connectivity index (χ0) is 12.4. The Morgan fingerprint density at radius 2 is 1.69 bits per heavy atom. The minimum atomic E-state index is -0.440. The molecule has 16 heavy (non-hydrogen) atoms. The SMILES string of the molecule is CCCN(CCC)C(=O)CCCC(=O)NO. The van der Waals surface area contributed by atoms with E-state index >= 15 is 0 Å². The number of rotatable bonds is 8. The molecule has 0 aromatic rings. The molecule has 0 aromatic heterocycles. The zero-order valence-corrected chi connectivity index (χ0v) is 10.2. The molecule has 0 bridgehead atoms. The average molecular weight is 230 g/mol. The molecule has 0 fully saturated rings. The maximum Gasteiger partial charge on any atom is 0.243 e. The van der Waals surface area contributed by atoms with Crippen molar-refractivity contribution in [3.05, 3.63) is 0 Å². The summed E-state index contributed by atoms with van der Waals surface area (Å²) in [5, 5.41) is 8.28. The molecule has 0 heterocycles. The molecule has 0 rings (SSSR count). The van der Waals surface area contributed by atoms with Crippen molar-refractivity contribution < 1.29 is 14.8 Å². The van der Waals surface area contributed by atoms with E-state index in [1.165, 1.54) is 0 Å². The van der Waals surface area contributed by atoms with Gasteiger partial charge in [-0.15, -0.1) is 0 Å². The van der Waals surface area contributed by atoms with E-state index in [9.17, 15) is 9.59 Å². The molecule has 0 spiro atoms. The highest BCUT2D eigenvalue weighted by Crippen LogP contribution is 2.03. The van der Waals surface area contributed by atoms with Crippen molar-refractivity contribution in [2.24, 2.45) is 0 Å². The molecule has 94 valence electrons. The first-order valence-electron chi connectivity index (χ1n) is 5.86. The van der Waals surface area contributed by atoms with E-state index in [0.29, 0.717) is 12.8 Å². The van der Waals surface area contributed by atoms with E-state index in [0.717, 1.165) is 25.9 Å². The van der Waals surface area contributed by atoms with Crippen LogP contribution in [0.5, 0.6) is 0 Å². The van der Waals surface area contributed by atoms with Crippen LogP contribution >= 0.6 is 0 Å². The van der Waals surface area contributed by atoms with Crippen molar-refractivity contribution in [2.45, 2.75) is 46.0 Å². The second-order valence-corrected chi connectivity index (χ2v) is 3.77. The van der Waals surface area contributed by atoms with Gasteiger partial charge in [0.1, 0.15) is 0 Å². The van der Waals surface area contributed by atoms with Crippen LogP contribution in [0, 0.1) is 0 Å². The Morgan fingerprint density at radius 3 is 2.12 bits per heavy atom. The van der Waals surface area contributed by atoms with Crippen LogP contribution < -0.4 is 5.48 Å². The molecule has 0 aliphatic carbocycles. The Bertz CT molecular complexity index is 213. The molecule has 2 N–H and O–H groups in total. The molecule has 0 radical (unpaired) electrons. The summed E-state index contributed by atoms with van der Waals surface area (Å²) in [6.45, 7) is 5.63. The van der Waals surface area contributed by atoms with Crippen LogP contribution in [0.15, 0.2) is 0 Å². The highest BCUT2D eigenvalue weighted by atomic mass is 16.5. The first kappa shape index (κ1) is 14.9. The Hall–Kier alpha value is -1.10. The summed E-state index contributed by atoms with van der Waals surface area (Å²) >= 11 is 0.